The third-order valence-electron chi connectivity index (χ3n) is 5.45. The van der Waals surface area contributed by atoms with Crippen molar-refractivity contribution in [1.82, 2.24) is 14.7 Å². The van der Waals surface area contributed by atoms with E-state index in [0.717, 1.165) is 50.4 Å². The van der Waals surface area contributed by atoms with Crippen molar-refractivity contribution in [3.05, 3.63) is 101 Å². The molecule has 0 radical (unpaired) electrons. The molecule has 2 heterocycles. The van der Waals surface area contributed by atoms with Gasteiger partial charge in [0.25, 0.3) is 5.91 Å². The quantitative estimate of drug-likeness (QED) is 0.280. The number of thioether (sulfide) groups is 1. The monoisotopic (exact) mass is 497 g/mol. The molecule has 0 atom stereocenters. The first-order valence-electron chi connectivity index (χ1n) is 10.8. The molecule has 0 spiro atoms. The zero-order valence-electron chi connectivity index (χ0n) is 18.4. The van der Waals surface area contributed by atoms with Crippen LogP contribution < -0.4 is 0 Å². The molecule has 3 aromatic carbocycles. The van der Waals surface area contributed by atoms with Crippen LogP contribution in [0.15, 0.2) is 95.9 Å². The summed E-state index contributed by atoms with van der Waals surface area (Å²) in [4.78, 5) is 25.1. The highest BCUT2D eigenvalue weighted by Crippen LogP contribution is 2.33. The van der Waals surface area contributed by atoms with Crippen LogP contribution in [0.5, 0.6) is 0 Å². The Morgan fingerprint density at radius 2 is 1.57 bits per heavy atom. The Bertz CT molecular complexity index is 1450. The van der Waals surface area contributed by atoms with Crippen LogP contribution in [0.25, 0.3) is 34.3 Å². The molecule has 35 heavy (non-hydrogen) atoms. The molecule has 0 bridgehead atoms. The van der Waals surface area contributed by atoms with Crippen LogP contribution >= 0.6 is 24.0 Å². The molecule has 0 aliphatic carbocycles. The van der Waals surface area contributed by atoms with E-state index in [9.17, 15) is 9.59 Å². The zero-order valence-corrected chi connectivity index (χ0v) is 20.0. The molecule has 0 unspecified atom stereocenters. The number of carbonyl (C=O) groups excluding carboxylic acids is 1. The largest absolute Gasteiger partial charge is 0.480 e. The van der Waals surface area contributed by atoms with E-state index < -0.39 is 18.4 Å². The lowest BCUT2D eigenvalue weighted by Gasteiger charge is -2.10. The molecule has 1 saturated heterocycles. The van der Waals surface area contributed by atoms with Gasteiger partial charge in [-0.05, 0) is 29.8 Å². The van der Waals surface area contributed by atoms with Gasteiger partial charge in [-0.25, -0.2) is 4.68 Å². The summed E-state index contributed by atoms with van der Waals surface area (Å²) in [5.41, 5.74) is 5.60. The topological polar surface area (TPSA) is 75.4 Å². The summed E-state index contributed by atoms with van der Waals surface area (Å²) in [7, 11) is 0. The van der Waals surface area contributed by atoms with Gasteiger partial charge in [-0.2, -0.15) is 5.10 Å². The SMILES string of the molecule is O=C(O)CN1C(=O)C(=Cc2ccc(-n3nc(-c4ccccc4)cc3-c3ccccc3)cc2)SC1=S. The third-order valence-corrected chi connectivity index (χ3v) is 6.83. The van der Waals surface area contributed by atoms with Crippen molar-refractivity contribution in [2.24, 2.45) is 0 Å². The first-order chi connectivity index (χ1) is 17.0. The number of thiocarbonyl (C=S) groups is 1. The third kappa shape index (κ3) is 4.80. The van der Waals surface area contributed by atoms with Gasteiger partial charge in [-0.3, -0.25) is 14.5 Å². The average molecular weight is 498 g/mol. The number of aromatic nitrogens is 2. The number of aliphatic carboxylic acids is 1. The zero-order chi connectivity index (χ0) is 24.4. The molecule has 4 aromatic rings. The lowest BCUT2D eigenvalue weighted by Crippen LogP contribution is -2.33. The van der Waals surface area contributed by atoms with Gasteiger partial charge in [0, 0.05) is 11.1 Å². The Kier molecular flexibility index (Phi) is 6.31. The van der Waals surface area contributed by atoms with Gasteiger partial charge in [0.1, 0.15) is 10.9 Å². The van der Waals surface area contributed by atoms with Gasteiger partial charge in [-0.15, -0.1) is 0 Å². The van der Waals surface area contributed by atoms with Crippen molar-refractivity contribution < 1.29 is 14.7 Å². The van der Waals surface area contributed by atoms with Crippen LogP contribution in [0.4, 0.5) is 0 Å². The summed E-state index contributed by atoms with van der Waals surface area (Å²) in [5.74, 6) is -1.49. The molecule has 1 aliphatic rings. The predicted molar refractivity (Wildman–Crippen MR) is 142 cm³/mol. The number of benzene rings is 3. The summed E-state index contributed by atoms with van der Waals surface area (Å²) >= 11 is 6.28. The minimum atomic E-state index is -1.10. The summed E-state index contributed by atoms with van der Waals surface area (Å²) in [6, 6.07) is 29.9. The number of carboxylic acid groups (broad SMARTS) is 1. The van der Waals surface area contributed by atoms with Crippen LogP contribution in [0.3, 0.4) is 0 Å². The highest BCUT2D eigenvalue weighted by Gasteiger charge is 2.33. The molecule has 1 fully saturated rings. The Labute approximate surface area is 211 Å². The van der Waals surface area contributed by atoms with Gasteiger partial charge >= 0.3 is 5.97 Å². The first kappa shape index (κ1) is 22.8. The van der Waals surface area contributed by atoms with E-state index in [4.69, 9.17) is 22.4 Å². The summed E-state index contributed by atoms with van der Waals surface area (Å²) in [6.45, 7) is -0.438. The fraction of sp³-hybridized carbons (Fsp3) is 0.0370. The molecule has 6 nitrogen and oxygen atoms in total. The fourth-order valence-corrected chi connectivity index (χ4v) is 5.03. The standard InChI is InChI=1S/C27H19N3O3S2/c31-25(32)17-29-26(33)24(35-27(29)34)15-18-11-13-21(14-12-18)30-23(20-9-5-2-6-10-20)16-22(28-30)19-7-3-1-4-8-19/h1-16H,17H2,(H,31,32). The highest BCUT2D eigenvalue weighted by molar-refractivity contribution is 8.26. The van der Waals surface area contributed by atoms with E-state index >= 15 is 0 Å². The second-order valence-corrected chi connectivity index (χ2v) is 9.49. The van der Waals surface area contributed by atoms with Gasteiger partial charge in [-0.1, -0.05) is 96.8 Å². The molecular weight excluding hydrogens is 478 g/mol. The molecule has 0 saturated carbocycles. The summed E-state index contributed by atoms with van der Waals surface area (Å²) in [5, 5.41) is 13.9. The number of amides is 1. The predicted octanol–water partition coefficient (Wildman–Crippen LogP) is 5.49. The maximum Gasteiger partial charge on any atom is 0.323 e. The Hall–Kier alpha value is -4.01. The van der Waals surface area contributed by atoms with Crippen molar-refractivity contribution in [2.75, 3.05) is 6.54 Å². The summed E-state index contributed by atoms with van der Waals surface area (Å²) < 4.78 is 2.16. The Morgan fingerprint density at radius 3 is 2.20 bits per heavy atom. The molecular formula is C27H19N3O3S2. The minimum absolute atomic E-state index is 0.248. The smallest absolute Gasteiger partial charge is 0.323 e. The van der Waals surface area contributed by atoms with Crippen LogP contribution in [0.1, 0.15) is 5.56 Å². The van der Waals surface area contributed by atoms with Crippen molar-refractivity contribution in [1.29, 1.82) is 0 Å². The maximum absolute atomic E-state index is 12.6. The maximum atomic E-state index is 12.6. The molecule has 1 amide bonds. The normalized spacial score (nSPS) is 14.6. The molecule has 5 rings (SSSR count). The van der Waals surface area contributed by atoms with Gasteiger partial charge in [0.05, 0.1) is 22.0 Å². The van der Waals surface area contributed by atoms with Gasteiger partial charge in [0.2, 0.25) is 0 Å². The van der Waals surface area contributed by atoms with Gasteiger partial charge in [0.15, 0.2) is 0 Å². The lowest BCUT2D eigenvalue weighted by atomic mass is 10.1. The van der Waals surface area contributed by atoms with Crippen LogP contribution in [-0.4, -0.2) is 42.5 Å². The molecule has 8 heteroatoms. The van der Waals surface area contributed by atoms with E-state index in [1.165, 1.54) is 0 Å². The Balaban J connectivity index is 1.48. The number of nitrogens with zero attached hydrogens (tertiary/aromatic N) is 3. The second-order valence-electron chi connectivity index (χ2n) is 7.81. The van der Waals surface area contributed by atoms with E-state index in [1.54, 1.807) is 6.08 Å². The first-order valence-corrected chi connectivity index (χ1v) is 12.0. The number of hydrogen-bond donors (Lipinski definition) is 1. The molecule has 1 aliphatic heterocycles. The minimum Gasteiger partial charge on any atom is -0.480 e. The molecule has 1 aromatic heterocycles. The van der Waals surface area contributed by atoms with Crippen molar-refractivity contribution >= 4 is 46.3 Å². The fourth-order valence-electron chi connectivity index (χ4n) is 3.78. The van der Waals surface area contributed by atoms with Crippen LogP contribution in [-0.2, 0) is 9.59 Å². The van der Waals surface area contributed by atoms with E-state index in [0.29, 0.717) is 4.91 Å². The number of carboxylic acids is 1. The highest BCUT2D eigenvalue weighted by atomic mass is 32.2. The van der Waals surface area contributed by atoms with Crippen molar-refractivity contribution in [3.8, 4) is 28.2 Å². The second kappa shape index (κ2) is 9.69. The van der Waals surface area contributed by atoms with Crippen LogP contribution in [0, 0.1) is 0 Å². The van der Waals surface area contributed by atoms with Crippen LogP contribution in [0.2, 0.25) is 0 Å². The number of rotatable bonds is 6. The molecule has 1 N–H and O–H groups in total. The number of hydrogen-bond acceptors (Lipinski definition) is 5. The van der Waals surface area contributed by atoms with E-state index in [-0.39, 0.29) is 4.32 Å². The molecule has 172 valence electrons. The number of carbonyl (C=O) groups is 2. The Morgan fingerprint density at radius 1 is 0.943 bits per heavy atom. The van der Waals surface area contributed by atoms with Gasteiger partial charge < -0.3 is 5.11 Å². The van der Waals surface area contributed by atoms with E-state index in [1.807, 2.05) is 77.5 Å². The summed E-state index contributed by atoms with van der Waals surface area (Å²) in [6.07, 6.45) is 1.72. The van der Waals surface area contributed by atoms with Crippen molar-refractivity contribution in [3.63, 3.8) is 0 Å². The lowest BCUT2D eigenvalue weighted by molar-refractivity contribution is -0.140. The van der Waals surface area contributed by atoms with Crippen molar-refractivity contribution in [2.45, 2.75) is 0 Å². The average Bonchev–Trinajstić information content (AvgIpc) is 3.43. The van der Waals surface area contributed by atoms with E-state index in [2.05, 4.69) is 18.2 Å².